The fourth-order valence-corrected chi connectivity index (χ4v) is 4.78. The van der Waals surface area contributed by atoms with Crippen molar-refractivity contribution >= 4 is 17.6 Å². The van der Waals surface area contributed by atoms with Crippen molar-refractivity contribution in [3.05, 3.63) is 70.9 Å². The summed E-state index contributed by atoms with van der Waals surface area (Å²) in [5.41, 5.74) is 3.58. The molecule has 2 aliphatic heterocycles. The standard InChI is InChI=1S/C25H28N6O2/c1-17-21-13-22(32)31(12-10-18-7-4-3-5-8-18)24(21)28-23(27-17)19-9-6-11-30(16-19)25(33)20-14-26-29(2)15-20/h3-5,7-8,14-15,19H,6,9-13,16H2,1-2H3. The molecule has 2 amide bonds. The minimum Gasteiger partial charge on any atom is -0.338 e. The first-order valence-corrected chi connectivity index (χ1v) is 11.5. The van der Waals surface area contributed by atoms with Gasteiger partial charge >= 0.3 is 0 Å². The number of nitrogens with zero attached hydrogens (tertiary/aromatic N) is 6. The summed E-state index contributed by atoms with van der Waals surface area (Å²) in [6, 6.07) is 10.2. The molecule has 2 aromatic heterocycles. The average molecular weight is 445 g/mol. The lowest BCUT2D eigenvalue weighted by Crippen LogP contribution is -2.39. The number of anilines is 1. The summed E-state index contributed by atoms with van der Waals surface area (Å²) in [7, 11) is 1.81. The third-order valence-electron chi connectivity index (χ3n) is 6.59. The van der Waals surface area contributed by atoms with Crippen LogP contribution >= 0.6 is 0 Å². The smallest absolute Gasteiger partial charge is 0.257 e. The van der Waals surface area contributed by atoms with Crippen LogP contribution in [0.15, 0.2) is 42.7 Å². The lowest BCUT2D eigenvalue weighted by Gasteiger charge is -2.32. The van der Waals surface area contributed by atoms with E-state index in [2.05, 4.69) is 17.2 Å². The predicted molar refractivity (Wildman–Crippen MR) is 124 cm³/mol. The number of rotatable bonds is 5. The zero-order valence-corrected chi connectivity index (χ0v) is 19.1. The summed E-state index contributed by atoms with van der Waals surface area (Å²) in [5, 5.41) is 4.12. The molecule has 4 heterocycles. The summed E-state index contributed by atoms with van der Waals surface area (Å²) < 4.78 is 1.64. The SMILES string of the molecule is Cc1nc(C2CCCN(C(=O)c3cnn(C)c3)C2)nc2c1CC(=O)N2CCc1ccccc1. The van der Waals surface area contributed by atoms with Crippen LogP contribution < -0.4 is 4.90 Å². The van der Waals surface area contributed by atoms with Gasteiger partial charge in [-0.15, -0.1) is 0 Å². The number of amides is 2. The molecule has 5 rings (SSSR count). The molecule has 8 nitrogen and oxygen atoms in total. The molecule has 1 aromatic carbocycles. The van der Waals surface area contributed by atoms with Gasteiger partial charge in [0.25, 0.3) is 5.91 Å². The highest BCUT2D eigenvalue weighted by molar-refractivity contribution is 6.00. The quantitative estimate of drug-likeness (QED) is 0.604. The van der Waals surface area contributed by atoms with E-state index in [1.807, 2.05) is 42.0 Å². The average Bonchev–Trinajstić information content (AvgIpc) is 3.41. The number of fused-ring (bicyclic) bond motifs is 1. The zero-order chi connectivity index (χ0) is 22.9. The van der Waals surface area contributed by atoms with E-state index >= 15 is 0 Å². The molecule has 0 N–H and O–H groups in total. The van der Waals surface area contributed by atoms with E-state index in [9.17, 15) is 9.59 Å². The Morgan fingerprint density at radius 2 is 2.00 bits per heavy atom. The monoisotopic (exact) mass is 444 g/mol. The number of piperidine rings is 1. The summed E-state index contributed by atoms with van der Waals surface area (Å²) in [4.78, 5) is 39.1. The Morgan fingerprint density at radius 1 is 1.18 bits per heavy atom. The second-order valence-electron chi connectivity index (χ2n) is 8.92. The number of benzene rings is 1. The molecule has 170 valence electrons. The fraction of sp³-hybridized carbons (Fsp3) is 0.400. The summed E-state index contributed by atoms with van der Waals surface area (Å²) in [6.45, 7) is 3.85. The molecule has 0 bridgehead atoms. The molecule has 2 aliphatic rings. The fourth-order valence-electron chi connectivity index (χ4n) is 4.78. The van der Waals surface area contributed by atoms with Gasteiger partial charge in [-0.1, -0.05) is 30.3 Å². The summed E-state index contributed by atoms with van der Waals surface area (Å²) >= 11 is 0. The molecule has 3 aromatic rings. The molecule has 8 heteroatoms. The number of aromatic nitrogens is 4. The molecule has 0 saturated carbocycles. The molecule has 0 radical (unpaired) electrons. The maximum absolute atomic E-state index is 12.9. The van der Waals surface area contributed by atoms with Gasteiger partial charge in [0.1, 0.15) is 11.6 Å². The molecular formula is C25H28N6O2. The molecule has 1 unspecified atom stereocenters. The molecule has 33 heavy (non-hydrogen) atoms. The van der Waals surface area contributed by atoms with Gasteiger partial charge < -0.3 is 4.90 Å². The highest BCUT2D eigenvalue weighted by atomic mass is 16.2. The summed E-state index contributed by atoms with van der Waals surface area (Å²) in [5.74, 6) is 1.59. The molecule has 1 saturated heterocycles. The number of likely N-dealkylation sites (tertiary alicyclic amines) is 1. The van der Waals surface area contributed by atoms with Crippen molar-refractivity contribution < 1.29 is 9.59 Å². The second kappa shape index (κ2) is 8.77. The van der Waals surface area contributed by atoms with Crippen LogP contribution in [-0.2, 0) is 24.7 Å². The van der Waals surface area contributed by atoms with Gasteiger partial charge in [-0.3, -0.25) is 19.2 Å². The highest BCUT2D eigenvalue weighted by Crippen LogP contribution is 2.33. The van der Waals surface area contributed by atoms with E-state index in [4.69, 9.17) is 9.97 Å². The minimum absolute atomic E-state index is 0.00894. The van der Waals surface area contributed by atoms with E-state index in [1.54, 1.807) is 17.1 Å². The van der Waals surface area contributed by atoms with Gasteiger partial charge in [0.2, 0.25) is 5.91 Å². The van der Waals surface area contributed by atoms with Gasteiger partial charge in [-0.25, -0.2) is 9.97 Å². The lowest BCUT2D eigenvalue weighted by molar-refractivity contribution is -0.117. The van der Waals surface area contributed by atoms with Gasteiger partial charge in [0, 0.05) is 50.1 Å². The van der Waals surface area contributed by atoms with Crippen LogP contribution in [-0.4, -0.2) is 56.1 Å². The Hall–Kier alpha value is -3.55. The van der Waals surface area contributed by atoms with Crippen molar-refractivity contribution in [2.75, 3.05) is 24.5 Å². The van der Waals surface area contributed by atoms with E-state index in [0.717, 1.165) is 48.7 Å². The number of carbonyl (C=O) groups excluding carboxylic acids is 2. The van der Waals surface area contributed by atoms with Crippen molar-refractivity contribution in [2.45, 2.75) is 38.5 Å². The minimum atomic E-state index is -0.00894. The van der Waals surface area contributed by atoms with E-state index < -0.39 is 0 Å². The molecule has 0 spiro atoms. The third-order valence-corrected chi connectivity index (χ3v) is 6.59. The highest BCUT2D eigenvalue weighted by Gasteiger charge is 2.34. The van der Waals surface area contributed by atoms with Crippen LogP contribution in [0.4, 0.5) is 5.82 Å². The maximum Gasteiger partial charge on any atom is 0.257 e. The Morgan fingerprint density at radius 3 is 2.76 bits per heavy atom. The first-order valence-electron chi connectivity index (χ1n) is 11.5. The third kappa shape index (κ3) is 4.25. The molecule has 1 fully saturated rings. The predicted octanol–water partition coefficient (Wildman–Crippen LogP) is 2.67. The Kier molecular flexibility index (Phi) is 5.66. The maximum atomic E-state index is 12.9. The van der Waals surface area contributed by atoms with Crippen molar-refractivity contribution in [1.82, 2.24) is 24.6 Å². The van der Waals surface area contributed by atoms with E-state index in [0.29, 0.717) is 25.1 Å². The molecule has 1 atom stereocenters. The molecular weight excluding hydrogens is 416 g/mol. The number of hydrogen-bond acceptors (Lipinski definition) is 5. The first-order chi connectivity index (χ1) is 16.0. The number of aryl methyl sites for hydroxylation is 2. The van der Waals surface area contributed by atoms with Crippen molar-refractivity contribution in [3.8, 4) is 0 Å². The normalized spacial score (nSPS) is 18.0. The van der Waals surface area contributed by atoms with Crippen molar-refractivity contribution in [2.24, 2.45) is 7.05 Å². The van der Waals surface area contributed by atoms with E-state index in [1.165, 1.54) is 5.56 Å². The van der Waals surface area contributed by atoms with Crippen LogP contribution in [0.2, 0.25) is 0 Å². The largest absolute Gasteiger partial charge is 0.338 e. The summed E-state index contributed by atoms with van der Waals surface area (Å²) in [6.07, 6.45) is 6.31. The topological polar surface area (TPSA) is 84.2 Å². The van der Waals surface area contributed by atoms with Gasteiger partial charge in [-0.2, -0.15) is 5.10 Å². The number of carbonyl (C=O) groups is 2. The lowest BCUT2D eigenvalue weighted by atomic mass is 9.96. The molecule has 0 aliphatic carbocycles. The van der Waals surface area contributed by atoms with Crippen LogP contribution in [0, 0.1) is 6.92 Å². The van der Waals surface area contributed by atoms with Crippen LogP contribution in [0.3, 0.4) is 0 Å². The second-order valence-corrected chi connectivity index (χ2v) is 8.92. The van der Waals surface area contributed by atoms with Gasteiger partial charge in [0.05, 0.1) is 18.2 Å². The Bertz CT molecular complexity index is 1190. The van der Waals surface area contributed by atoms with Crippen LogP contribution in [0.5, 0.6) is 0 Å². The van der Waals surface area contributed by atoms with Crippen molar-refractivity contribution in [3.63, 3.8) is 0 Å². The van der Waals surface area contributed by atoms with E-state index in [-0.39, 0.29) is 17.7 Å². The van der Waals surface area contributed by atoms with Crippen LogP contribution in [0.25, 0.3) is 0 Å². The first kappa shape index (κ1) is 21.3. The zero-order valence-electron chi connectivity index (χ0n) is 19.1. The van der Waals surface area contributed by atoms with Crippen molar-refractivity contribution in [1.29, 1.82) is 0 Å². The Balaban J connectivity index is 1.36. The van der Waals surface area contributed by atoms with Gasteiger partial charge in [0.15, 0.2) is 0 Å². The van der Waals surface area contributed by atoms with Gasteiger partial charge in [-0.05, 0) is 31.7 Å². The Labute approximate surface area is 193 Å². The number of hydrogen-bond donors (Lipinski definition) is 0. The van der Waals surface area contributed by atoms with Crippen LogP contribution in [0.1, 0.15) is 51.8 Å².